The van der Waals surface area contributed by atoms with Gasteiger partial charge in [-0.2, -0.15) is 5.10 Å². The number of carbonyl (C=O) groups is 1. The van der Waals surface area contributed by atoms with E-state index in [2.05, 4.69) is 49.7 Å². The lowest BCUT2D eigenvalue weighted by atomic mass is 9.95. The number of methoxy groups -OCH3 is 2. The average molecular weight is 463 g/mol. The Morgan fingerprint density at radius 3 is 2.74 bits per heavy atom. The van der Waals surface area contributed by atoms with E-state index in [1.54, 1.807) is 20.4 Å². The maximum absolute atomic E-state index is 13.0. The zero-order valence-electron chi connectivity index (χ0n) is 19.5. The van der Waals surface area contributed by atoms with E-state index in [1.165, 1.54) is 5.56 Å². The molecule has 0 spiro atoms. The van der Waals surface area contributed by atoms with Gasteiger partial charge in [-0.15, -0.1) is 0 Å². The molecular weight excluding hydrogens is 432 g/mol. The SMILES string of the molecule is COC1=Cc2nc(-c3[nH]ncc3NC(=O)C3CCN(Cc4ccccc4)CC3)[nH]c2CC1OC. The quantitative estimate of drug-likeness (QED) is 0.498. The van der Waals surface area contributed by atoms with Gasteiger partial charge in [-0.3, -0.25) is 14.8 Å². The molecule has 3 aromatic rings. The highest BCUT2D eigenvalue weighted by Crippen LogP contribution is 2.30. The molecule has 1 saturated heterocycles. The van der Waals surface area contributed by atoms with E-state index in [9.17, 15) is 4.79 Å². The molecule has 0 saturated carbocycles. The lowest BCUT2D eigenvalue weighted by Crippen LogP contribution is -2.37. The van der Waals surface area contributed by atoms with Crippen molar-refractivity contribution in [3.05, 3.63) is 59.2 Å². The van der Waals surface area contributed by atoms with Crippen LogP contribution in [0.4, 0.5) is 5.69 Å². The summed E-state index contributed by atoms with van der Waals surface area (Å²) >= 11 is 0. The van der Waals surface area contributed by atoms with Crippen molar-refractivity contribution in [1.29, 1.82) is 0 Å². The van der Waals surface area contributed by atoms with E-state index in [4.69, 9.17) is 14.5 Å². The molecule has 1 fully saturated rings. The Bertz CT molecular complexity index is 1160. The third-order valence-corrected chi connectivity index (χ3v) is 6.66. The second kappa shape index (κ2) is 9.82. The van der Waals surface area contributed by atoms with Crippen LogP contribution in [-0.2, 0) is 27.2 Å². The van der Waals surface area contributed by atoms with Crippen LogP contribution < -0.4 is 5.32 Å². The molecule has 34 heavy (non-hydrogen) atoms. The van der Waals surface area contributed by atoms with E-state index >= 15 is 0 Å². The largest absolute Gasteiger partial charge is 0.498 e. The Balaban J connectivity index is 1.23. The van der Waals surface area contributed by atoms with Crippen molar-refractivity contribution in [3.8, 4) is 11.5 Å². The number of aromatic nitrogens is 4. The lowest BCUT2D eigenvalue weighted by Gasteiger charge is -2.31. The van der Waals surface area contributed by atoms with Gasteiger partial charge in [-0.25, -0.2) is 4.98 Å². The molecule has 1 aliphatic carbocycles. The smallest absolute Gasteiger partial charge is 0.227 e. The topological polar surface area (TPSA) is 108 Å². The highest BCUT2D eigenvalue weighted by Gasteiger charge is 2.28. The summed E-state index contributed by atoms with van der Waals surface area (Å²) in [6.07, 6.45) is 5.67. The third kappa shape index (κ3) is 4.62. The van der Waals surface area contributed by atoms with Gasteiger partial charge in [0.05, 0.1) is 24.7 Å². The number of amides is 1. The van der Waals surface area contributed by atoms with Crippen LogP contribution in [0.3, 0.4) is 0 Å². The summed E-state index contributed by atoms with van der Waals surface area (Å²) in [5.74, 6) is 1.37. The van der Waals surface area contributed by atoms with E-state index in [1.807, 2.05) is 12.1 Å². The fraction of sp³-hybridized carbons (Fsp3) is 0.400. The first-order valence-electron chi connectivity index (χ1n) is 11.6. The number of H-pyrrole nitrogens is 2. The second-order valence-corrected chi connectivity index (χ2v) is 8.81. The summed E-state index contributed by atoms with van der Waals surface area (Å²) in [5.41, 5.74) is 4.35. The molecule has 1 aliphatic heterocycles. The summed E-state index contributed by atoms with van der Waals surface area (Å²) in [6.45, 7) is 2.74. The van der Waals surface area contributed by atoms with Crippen LogP contribution in [0.25, 0.3) is 17.6 Å². The van der Waals surface area contributed by atoms with Crippen LogP contribution in [0, 0.1) is 5.92 Å². The molecule has 2 aliphatic rings. The lowest BCUT2D eigenvalue weighted by molar-refractivity contribution is -0.121. The van der Waals surface area contributed by atoms with Crippen LogP contribution in [0.15, 0.2) is 42.3 Å². The number of carbonyl (C=O) groups excluding carboxylic acids is 1. The fourth-order valence-corrected chi connectivity index (χ4v) is 4.71. The first-order chi connectivity index (χ1) is 16.6. The number of hydrogen-bond acceptors (Lipinski definition) is 6. The molecule has 0 bridgehead atoms. The number of piperidine rings is 1. The second-order valence-electron chi connectivity index (χ2n) is 8.81. The summed E-state index contributed by atoms with van der Waals surface area (Å²) in [6, 6.07) is 10.5. The average Bonchev–Trinajstić information content (AvgIpc) is 3.50. The molecule has 3 N–H and O–H groups in total. The number of rotatable bonds is 7. The van der Waals surface area contributed by atoms with Gasteiger partial charge < -0.3 is 19.8 Å². The van der Waals surface area contributed by atoms with Gasteiger partial charge in [-0.1, -0.05) is 30.3 Å². The molecular formula is C25H30N6O3. The van der Waals surface area contributed by atoms with Gasteiger partial charge in [0.2, 0.25) is 5.91 Å². The number of benzene rings is 1. The van der Waals surface area contributed by atoms with Crippen LogP contribution in [0.1, 0.15) is 29.8 Å². The molecule has 0 radical (unpaired) electrons. The van der Waals surface area contributed by atoms with Gasteiger partial charge >= 0.3 is 0 Å². The summed E-state index contributed by atoms with van der Waals surface area (Å²) < 4.78 is 11.0. The summed E-state index contributed by atoms with van der Waals surface area (Å²) in [7, 11) is 3.29. The van der Waals surface area contributed by atoms with Crippen LogP contribution >= 0.6 is 0 Å². The number of nitrogens with zero attached hydrogens (tertiary/aromatic N) is 3. The number of hydrogen-bond donors (Lipinski definition) is 3. The van der Waals surface area contributed by atoms with Crippen LogP contribution in [-0.4, -0.2) is 64.4 Å². The number of fused-ring (bicyclic) bond motifs is 1. The zero-order valence-corrected chi connectivity index (χ0v) is 19.5. The molecule has 1 unspecified atom stereocenters. The van der Waals surface area contributed by atoms with E-state index < -0.39 is 0 Å². The number of ether oxygens (including phenoxy) is 2. The minimum absolute atomic E-state index is 0.0192. The third-order valence-electron chi connectivity index (χ3n) is 6.66. The van der Waals surface area contributed by atoms with E-state index in [0.717, 1.165) is 49.6 Å². The van der Waals surface area contributed by atoms with Crippen molar-refractivity contribution in [3.63, 3.8) is 0 Å². The number of likely N-dealkylation sites (tertiary alicyclic amines) is 1. The number of aromatic amines is 2. The molecule has 1 amide bonds. The molecule has 178 valence electrons. The Kier molecular flexibility index (Phi) is 6.46. The van der Waals surface area contributed by atoms with Gasteiger partial charge in [-0.05, 0) is 31.5 Å². The summed E-state index contributed by atoms with van der Waals surface area (Å²) in [5, 5.41) is 10.2. The van der Waals surface area contributed by atoms with Crippen LogP contribution in [0.5, 0.6) is 0 Å². The van der Waals surface area contributed by atoms with Crippen molar-refractivity contribution in [2.75, 3.05) is 32.6 Å². The molecule has 9 heteroatoms. The molecule has 2 aromatic heterocycles. The maximum Gasteiger partial charge on any atom is 0.227 e. The fourth-order valence-electron chi connectivity index (χ4n) is 4.71. The maximum atomic E-state index is 13.0. The molecule has 1 atom stereocenters. The Morgan fingerprint density at radius 1 is 1.21 bits per heavy atom. The van der Waals surface area contributed by atoms with Gasteiger partial charge in [0.25, 0.3) is 0 Å². The number of anilines is 1. The predicted molar refractivity (Wildman–Crippen MR) is 129 cm³/mol. The highest BCUT2D eigenvalue weighted by atomic mass is 16.5. The van der Waals surface area contributed by atoms with Crippen molar-refractivity contribution in [2.24, 2.45) is 5.92 Å². The summed E-state index contributed by atoms with van der Waals surface area (Å²) in [4.78, 5) is 23.5. The molecule has 1 aromatic carbocycles. The molecule has 9 nitrogen and oxygen atoms in total. The van der Waals surface area contributed by atoms with Crippen molar-refractivity contribution in [1.82, 2.24) is 25.1 Å². The Labute approximate surface area is 198 Å². The standard InChI is InChI=1S/C25H30N6O3/c1-33-21-12-18-19(13-22(21)34-2)28-24(27-18)23-20(14-26-30-23)29-25(32)17-8-10-31(11-9-17)15-16-6-4-3-5-7-16/h3-7,12,14,17,22H,8-11,13,15H2,1-2H3,(H,26,30)(H,27,28)(H,29,32). The Morgan fingerprint density at radius 2 is 2.00 bits per heavy atom. The van der Waals surface area contributed by atoms with Gasteiger partial charge in [0.15, 0.2) is 5.82 Å². The van der Waals surface area contributed by atoms with Crippen molar-refractivity contribution >= 4 is 17.7 Å². The van der Waals surface area contributed by atoms with Gasteiger partial charge in [0, 0.05) is 37.8 Å². The van der Waals surface area contributed by atoms with E-state index in [-0.39, 0.29) is 17.9 Å². The highest BCUT2D eigenvalue weighted by molar-refractivity contribution is 5.95. The minimum Gasteiger partial charge on any atom is -0.498 e. The molecule has 3 heterocycles. The zero-order chi connectivity index (χ0) is 23.5. The van der Waals surface area contributed by atoms with Crippen molar-refractivity contribution < 1.29 is 14.3 Å². The first kappa shape index (κ1) is 22.4. The monoisotopic (exact) mass is 462 g/mol. The van der Waals surface area contributed by atoms with E-state index in [0.29, 0.717) is 23.6 Å². The first-order valence-corrected chi connectivity index (χ1v) is 11.6. The number of nitrogens with one attached hydrogen (secondary N) is 3. The Hall–Kier alpha value is -3.43. The van der Waals surface area contributed by atoms with Crippen molar-refractivity contribution in [2.45, 2.75) is 31.9 Å². The predicted octanol–water partition coefficient (Wildman–Crippen LogP) is 3.21. The molecule has 5 rings (SSSR count). The van der Waals surface area contributed by atoms with Crippen LogP contribution in [0.2, 0.25) is 0 Å². The minimum atomic E-state index is -0.153. The normalized spacial score (nSPS) is 18.9. The van der Waals surface area contributed by atoms with Gasteiger partial charge in [0.1, 0.15) is 17.6 Å². The number of imidazole rings is 1.